The van der Waals surface area contributed by atoms with Gasteiger partial charge in [-0.15, -0.1) is 0 Å². The molecule has 3 aliphatic rings. The molecular formula is C28H31Cl2F3N6O2. The summed E-state index contributed by atoms with van der Waals surface area (Å²) in [6.45, 7) is 6.93. The summed E-state index contributed by atoms with van der Waals surface area (Å²) in [5.41, 5.74) is -0.972. The summed E-state index contributed by atoms with van der Waals surface area (Å²) in [4.78, 5) is 24.9. The van der Waals surface area contributed by atoms with E-state index in [4.69, 9.17) is 23.2 Å². The van der Waals surface area contributed by atoms with Crippen molar-refractivity contribution in [1.82, 2.24) is 24.6 Å². The van der Waals surface area contributed by atoms with Crippen molar-refractivity contribution in [3.63, 3.8) is 0 Å². The molecule has 220 valence electrons. The van der Waals surface area contributed by atoms with Gasteiger partial charge in [0.25, 0.3) is 0 Å². The fourth-order valence-corrected chi connectivity index (χ4v) is 7.23. The molecule has 3 aromatic rings. The van der Waals surface area contributed by atoms with Gasteiger partial charge in [-0.1, -0.05) is 29.3 Å². The first-order valence-electron chi connectivity index (χ1n) is 13.8. The van der Waals surface area contributed by atoms with Crippen LogP contribution in [-0.4, -0.2) is 67.9 Å². The van der Waals surface area contributed by atoms with Gasteiger partial charge in [-0.3, -0.25) is 4.79 Å². The Balaban J connectivity index is 1.19. The van der Waals surface area contributed by atoms with E-state index in [1.54, 1.807) is 25.1 Å². The van der Waals surface area contributed by atoms with Crippen molar-refractivity contribution < 1.29 is 23.1 Å². The van der Waals surface area contributed by atoms with Crippen LogP contribution < -0.4 is 4.90 Å². The molecule has 1 N–H and O–H groups in total. The molecule has 1 saturated carbocycles. The molecule has 2 aliphatic heterocycles. The third kappa shape index (κ3) is 5.14. The lowest BCUT2D eigenvalue weighted by atomic mass is 9.65. The molecule has 1 aliphatic carbocycles. The fraction of sp³-hybridized carbons (Fsp3) is 0.571. The molecule has 1 aromatic carbocycles. The first-order valence-corrected chi connectivity index (χ1v) is 14.6. The number of aliphatic carboxylic acids is 1. The quantitative estimate of drug-likeness (QED) is 0.357. The monoisotopic (exact) mass is 610 g/mol. The normalized spacial score (nSPS) is 26.6. The highest BCUT2D eigenvalue weighted by Crippen LogP contribution is 2.45. The second-order valence-corrected chi connectivity index (χ2v) is 12.9. The summed E-state index contributed by atoms with van der Waals surface area (Å²) in [7, 11) is 0. The summed E-state index contributed by atoms with van der Waals surface area (Å²) in [6.07, 6.45) is 0.105. The van der Waals surface area contributed by atoms with Gasteiger partial charge in [-0.05, 0) is 75.6 Å². The highest BCUT2D eigenvalue weighted by Gasteiger charge is 2.50. The topological polar surface area (TPSA) is 87.4 Å². The number of alkyl halides is 3. The van der Waals surface area contributed by atoms with E-state index in [1.165, 1.54) is 10.9 Å². The van der Waals surface area contributed by atoms with E-state index in [0.717, 1.165) is 39.0 Å². The number of nitrogens with zero attached hydrogens (tertiary/aromatic N) is 6. The van der Waals surface area contributed by atoms with Gasteiger partial charge in [0.2, 0.25) is 5.95 Å². The number of benzene rings is 1. The molecule has 41 heavy (non-hydrogen) atoms. The van der Waals surface area contributed by atoms with Gasteiger partial charge in [-0.25, -0.2) is 9.67 Å². The van der Waals surface area contributed by atoms with Gasteiger partial charge in [0.15, 0.2) is 11.3 Å². The zero-order valence-corrected chi connectivity index (χ0v) is 24.2. The predicted octanol–water partition coefficient (Wildman–Crippen LogP) is 6.16. The van der Waals surface area contributed by atoms with Crippen molar-refractivity contribution in [1.29, 1.82) is 0 Å². The van der Waals surface area contributed by atoms with Crippen LogP contribution in [0, 0.1) is 17.3 Å². The standard InChI is InChI=1S/C28H31Cl2F3N6O2/c1-15(20-6-5-18(29)8-22(20)30)39-24-21(23(36-39)28(31,32)33)11-34-26(35-24)38-13-17(14-38)16-4-3-7-37(12-16)19-9-27(2,10-19)25(40)41/h5-6,8,11,15-17,19H,3-4,7,9-10,12-14H2,1-2H3,(H,40,41)/t15-,16?,19?,27?/m1/s1. The minimum Gasteiger partial charge on any atom is -0.481 e. The lowest BCUT2D eigenvalue weighted by Gasteiger charge is -2.52. The van der Waals surface area contributed by atoms with Crippen LogP contribution in [0.15, 0.2) is 24.4 Å². The van der Waals surface area contributed by atoms with E-state index in [-0.39, 0.29) is 11.0 Å². The molecule has 0 bridgehead atoms. The van der Waals surface area contributed by atoms with Crippen molar-refractivity contribution in [2.24, 2.45) is 17.3 Å². The smallest absolute Gasteiger partial charge is 0.435 e. The number of hydrogen-bond donors (Lipinski definition) is 1. The van der Waals surface area contributed by atoms with Gasteiger partial charge >= 0.3 is 12.1 Å². The molecule has 1 unspecified atom stereocenters. The fourth-order valence-electron chi connectivity index (χ4n) is 6.66. The number of likely N-dealkylation sites (tertiary alicyclic amines) is 1. The number of piperidine rings is 1. The molecular weight excluding hydrogens is 580 g/mol. The highest BCUT2D eigenvalue weighted by molar-refractivity contribution is 6.35. The van der Waals surface area contributed by atoms with E-state index in [1.807, 2.05) is 11.8 Å². The van der Waals surface area contributed by atoms with E-state index in [0.29, 0.717) is 52.3 Å². The average Bonchev–Trinajstić information content (AvgIpc) is 3.25. The highest BCUT2D eigenvalue weighted by atomic mass is 35.5. The lowest BCUT2D eigenvalue weighted by molar-refractivity contribution is -0.158. The Morgan fingerprint density at radius 1 is 1.17 bits per heavy atom. The van der Waals surface area contributed by atoms with Crippen LogP contribution in [0.1, 0.15) is 56.8 Å². The summed E-state index contributed by atoms with van der Waals surface area (Å²) in [5.74, 6) is 0.561. The Kier molecular flexibility index (Phi) is 7.14. The molecule has 3 fully saturated rings. The Labute approximate surface area is 245 Å². The van der Waals surface area contributed by atoms with Crippen LogP contribution >= 0.6 is 23.2 Å². The maximum absolute atomic E-state index is 13.9. The molecule has 8 nitrogen and oxygen atoms in total. The summed E-state index contributed by atoms with van der Waals surface area (Å²) in [6, 6.07) is 4.55. The average molecular weight is 611 g/mol. The predicted molar refractivity (Wildman–Crippen MR) is 149 cm³/mol. The maximum Gasteiger partial charge on any atom is 0.435 e. The van der Waals surface area contributed by atoms with E-state index in [9.17, 15) is 23.1 Å². The zero-order chi connectivity index (χ0) is 29.3. The molecule has 0 amide bonds. The van der Waals surface area contributed by atoms with Crippen molar-refractivity contribution in [2.45, 2.75) is 57.8 Å². The van der Waals surface area contributed by atoms with Crippen LogP contribution in [0.25, 0.3) is 11.0 Å². The Hall–Kier alpha value is -2.63. The minimum atomic E-state index is -4.67. The second kappa shape index (κ2) is 10.3. The number of halogens is 5. The van der Waals surface area contributed by atoms with Gasteiger partial charge in [-0.2, -0.15) is 23.3 Å². The largest absolute Gasteiger partial charge is 0.481 e. The van der Waals surface area contributed by atoms with Crippen LogP contribution in [0.4, 0.5) is 19.1 Å². The third-order valence-electron chi connectivity index (χ3n) is 9.24. The molecule has 2 atom stereocenters. The van der Waals surface area contributed by atoms with Crippen LogP contribution in [0.5, 0.6) is 0 Å². The van der Waals surface area contributed by atoms with Crippen LogP contribution in [0.2, 0.25) is 10.0 Å². The molecule has 13 heteroatoms. The molecule has 2 aromatic heterocycles. The number of hydrogen-bond acceptors (Lipinski definition) is 6. The summed E-state index contributed by atoms with van der Waals surface area (Å²) < 4.78 is 43.0. The van der Waals surface area contributed by atoms with Crippen molar-refractivity contribution in [2.75, 3.05) is 31.1 Å². The van der Waals surface area contributed by atoms with Crippen LogP contribution in [-0.2, 0) is 11.0 Å². The second-order valence-electron chi connectivity index (χ2n) is 12.0. The van der Waals surface area contributed by atoms with Crippen LogP contribution in [0.3, 0.4) is 0 Å². The first kappa shape index (κ1) is 28.5. The Morgan fingerprint density at radius 2 is 1.90 bits per heavy atom. The zero-order valence-electron chi connectivity index (χ0n) is 22.7. The lowest BCUT2D eigenvalue weighted by Crippen LogP contribution is -2.58. The number of carbonyl (C=O) groups is 1. The number of anilines is 1. The maximum atomic E-state index is 13.9. The van der Waals surface area contributed by atoms with E-state index in [2.05, 4.69) is 20.0 Å². The third-order valence-corrected chi connectivity index (χ3v) is 9.80. The van der Waals surface area contributed by atoms with E-state index >= 15 is 0 Å². The Bertz CT molecular complexity index is 1490. The van der Waals surface area contributed by atoms with Crippen molar-refractivity contribution in [3.05, 3.63) is 45.7 Å². The van der Waals surface area contributed by atoms with Gasteiger partial charge in [0.05, 0.1) is 16.8 Å². The summed E-state index contributed by atoms with van der Waals surface area (Å²) >= 11 is 12.4. The number of carboxylic acids is 1. The minimum absolute atomic E-state index is 0.0968. The number of fused-ring (bicyclic) bond motifs is 1. The Morgan fingerprint density at radius 3 is 2.56 bits per heavy atom. The number of rotatable bonds is 6. The molecule has 0 radical (unpaired) electrons. The van der Waals surface area contributed by atoms with E-state index < -0.39 is 29.3 Å². The van der Waals surface area contributed by atoms with Gasteiger partial charge < -0.3 is 14.9 Å². The first-order chi connectivity index (χ1) is 19.3. The molecule has 6 rings (SSSR count). The van der Waals surface area contributed by atoms with Gasteiger partial charge in [0, 0.05) is 41.9 Å². The molecule has 0 spiro atoms. The van der Waals surface area contributed by atoms with Crippen molar-refractivity contribution >= 4 is 46.2 Å². The molecule has 4 heterocycles. The number of aromatic nitrogens is 4. The molecule has 2 saturated heterocycles. The number of carboxylic acid groups (broad SMARTS) is 1. The SMILES string of the molecule is C[C@H](c1ccc(Cl)cc1Cl)n1nc(C(F)(F)F)c2cnc(N3CC(C4CCCN(C5CC(C)(C(=O)O)C5)C4)C3)nc21. The van der Waals surface area contributed by atoms with Gasteiger partial charge in [0.1, 0.15) is 0 Å². The summed E-state index contributed by atoms with van der Waals surface area (Å²) in [5, 5.41) is 14.0. The van der Waals surface area contributed by atoms with Crippen molar-refractivity contribution in [3.8, 4) is 0 Å².